The van der Waals surface area contributed by atoms with Crippen molar-refractivity contribution >= 4 is 29.6 Å². The van der Waals surface area contributed by atoms with Crippen molar-refractivity contribution in [3.8, 4) is 0 Å². The summed E-state index contributed by atoms with van der Waals surface area (Å²) in [6.07, 6.45) is 7.00. The van der Waals surface area contributed by atoms with Gasteiger partial charge >= 0.3 is 18.9 Å². The van der Waals surface area contributed by atoms with Crippen LogP contribution in [0.4, 0.5) is 5.69 Å². The third-order valence-electron chi connectivity index (χ3n) is 4.21. The molecular formula is C18H25LiNOS-. The number of carbonyl (C=O) groups is 1. The Morgan fingerprint density at radius 3 is 2.45 bits per heavy atom. The Morgan fingerprint density at radius 2 is 1.86 bits per heavy atom. The van der Waals surface area contributed by atoms with Crippen LogP contribution in [0.5, 0.6) is 0 Å². The van der Waals surface area contributed by atoms with Crippen LogP contribution in [0.3, 0.4) is 0 Å². The maximum Gasteiger partial charge on any atom is 1.00 e. The quantitative estimate of drug-likeness (QED) is 0.227. The van der Waals surface area contributed by atoms with Crippen LogP contribution in [0.2, 0.25) is 0 Å². The normalized spacial score (nSPS) is 15.2. The predicted octanol–water partition coefficient (Wildman–Crippen LogP) is 2.38. The molecule has 0 unspecified atom stereocenters. The fourth-order valence-corrected chi connectivity index (χ4v) is 3.15. The summed E-state index contributed by atoms with van der Waals surface area (Å²) in [5.74, 6) is 0.863. The Labute approximate surface area is 152 Å². The maximum absolute atomic E-state index is 12.5. The van der Waals surface area contributed by atoms with Crippen LogP contribution in [0.15, 0.2) is 17.1 Å². The van der Waals surface area contributed by atoms with Gasteiger partial charge in [-0.3, -0.25) is 4.79 Å². The molecule has 0 aliphatic heterocycles. The van der Waals surface area contributed by atoms with Gasteiger partial charge in [-0.15, -0.1) is 17.2 Å². The SMILES string of the molecule is Cc1cc(C(=O)CC2CCCCC2)c(C)cc1N=[C-]S.[CH3-].[Li+]. The second kappa shape index (κ2) is 10.3. The first-order valence-electron chi connectivity index (χ1n) is 7.36. The number of carbonyl (C=O) groups excluding carboxylic acids is 1. The molecule has 1 aliphatic rings. The average Bonchev–Trinajstić information content (AvgIpc) is 2.43. The second-order valence-electron chi connectivity index (χ2n) is 5.80. The number of rotatable bonds is 4. The summed E-state index contributed by atoms with van der Waals surface area (Å²) in [6, 6.07) is 3.91. The standard InChI is InChI=1S/C17H22NOS.CH3.Li/c1-12-9-16(18-11-20)13(2)8-15(12)17(19)10-14-6-4-3-5-7-14;;/h8-9,14H,3-7,10H2,1-2H3,(H,18,20);1H3;/q2*-1;+1. The van der Waals surface area contributed by atoms with Gasteiger partial charge in [0.15, 0.2) is 5.78 Å². The van der Waals surface area contributed by atoms with E-state index in [1.807, 2.05) is 26.0 Å². The zero-order valence-electron chi connectivity index (χ0n) is 14.3. The molecule has 0 aromatic heterocycles. The van der Waals surface area contributed by atoms with Crippen LogP contribution < -0.4 is 18.9 Å². The van der Waals surface area contributed by atoms with Gasteiger partial charge in [0.05, 0.1) is 0 Å². The fourth-order valence-electron chi connectivity index (χ4n) is 3.04. The van der Waals surface area contributed by atoms with E-state index in [9.17, 15) is 4.79 Å². The molecule has 2 rings (SSSR count). The zero-order chi connectivity index (χ0) is 14.5. The molecule has 4 heteroatoms. The molecule has 0 spiro atoms. The van der Waals surface area contributed by atoms with Crippen molar-refractivity contribution in [2.24, 2.45) is 10.9 Å². The number of benzene rings is 1. The number of Topliss-reactive ketones (excluding diaryl/α,β-unsaturated/α-hetero) is 1. The Hall–Kier alpha value is -0.493. The summed E-state index contributed by atoms with van der Waals surface area (Å²) in [6.45, 7) is 3.95. The van der Waals surface area contributed by atoms with E-state index in [4.69, 9.17) is 0 Å². The minimum Gasteiger partial charge on any atom is -0.445 e. The number of aryl methyl sites for hydroxylation is 2. The number of aliphatic imine (C=N–C) groups is 1. The first-order chi connectivity index (χ1) is 9.61. The molecule has 0 heterocycles. The molecule has 1 aliphatic carbocycles. The van der Waals surface area contributed by atoms with Gasteiger partial charge in [-0.1, -0.05) is 56.3 Å². The van der Waals surface area contributed by atoms with Gasteiger partial charge in [0, 0.05) is 12.0 Å². The molecule has 0 radical (unpaired) electrons. The van der Waals surface area contributed by atoms with Crippen molar-refractivity contribution in [3.63, 3.8) is 0 Å². The maximum atomic E-state index is 12.5. The van der Waals surface area contributed by atoms with E-state index in [-0.39, 0.29) is 32.1 Å². The van der Waals surface area contributed by atoms with Gasteiger partial charge in [0.1, 0.15) is 0 Å². The van der Waals surface area contributed by atoms with E-state index in [0.29, 0.717) is 12.3 Å². The molecule has 1 aromatic carbocycles. The van der Waals surface area contributed by atoms with Crippen LogP contribution in [0, 0.1) is 27.2 Å². The molecule has 1 saturated carbocycles. The summed E-state index contributed by atoms with van der Waals surface area (Å²) in [7, 11) is 0. The fraction of sp³-hybridized carbons (Fsp3) is 0.500. The average molecular weight is 310 g/mol. The van der Waals surface area contributed by atoms with Gasteiger partial charge in [-0.25, -0.2) is 12.6 Å². The number of ketones is 1. The van der Waals surface area contributed by atoms with Crippen molar-refractivity contribution in [1.29, 1.82) is 0 Å². The largest absolute Gasteiger partial charge is 1.00 e. The molecule has 1 aromatic rings. The number of nitrogens with zero attached hydrogens (tertiary/aromatic N) is 1. The van der Waals surface area contributed by atoms with Crippen LogP contribution in [0.25, 0.3) is 0 Å². The minimum absolute atomic E-state index is 0. The summed E-state index contributed by atoms with van der Waals surface area (Å²) in [5.41, 5.74) is 6.20. The minimum atomic E-state index is 0. The van der Waals surface area contributed by atoms with Crippen LogP contribution >= 0.6 is 12.6 Å². The van der Waals surface area contributed by atoms with Gasteiger partial charge in [0.25, 0.3) is 0 Å². The van der Waals surface area contributed by atoms with Crippen molar-refractivity contribution in [1.82, 2.24) is 0 Å². The molecule has 0 saturated heterocycles. The zero-order valence-corrected chi connectivity index (χ0v) is 15.2. The van der Waals surface area contributed by atoms with Crippen molar-refractivity contribution in [3.05, 3.63) is 36.2 Å². The molecule has 116 valence electrons. The number of thiol groups is 1. The van der Waals surface area contributed by atoms with Crippen molar-refractivity contribution in [2.45, 2.75) is 52.4 Å². The van der Waals surface area contributed by atoms with Gasteiger partial charge in [-0.2, -0.15) is 0 Å². The molecule has 0 atom stereocenters. The van der Waals surface area contributed by atoms with Gasteiger partial charge in [0.2, 0.25) is 0 Å². The second-order valence-corrected chi connectivity index (χ2v) is 6.00. The number of hydrogen-bond donors (Lipinski definition) is 1. The monoisotopic (exact) mass is 310 g/mol. The van der Waals surface area contributed by atoms with E-state index in [0.717, 1.165) is 22.4 Å². The Balaban J connectivity index is 0.00000220. The molecule has 1 fully saturated rings. The Kier molecular flexibility index (Phi) is 10.1. The van der Waals surface area contributed by atoms with E-state index < -0.39 is 0 Å². The van der Waals surface area contributed by atoms with Crippen LogP contribution in [0.1, 0.15) is 60.0 Å². The molecule has 0 bridgehead atoms. The molecule has 0 amide bonds. The molecule has 22 heavy (non-hydrogen) atoms. The van der Waals surface area contributed by atoms with E-state index in [2.05, 4.69) is 23.2 Å². The summed E-state index contributed by atoms with van der Waals surface area (Å²) >= 11 is 3.88. The van der Waals surface area contributed by atoms with Gasteiger partial charge < -0.3 is 12.4 Å². The van der Waals surface area contributed by atoms with Gasteiger partial charge in [-0.05, 0) is 12.8 Å². The third-order valence-corrected chi connectivity index (χ3v) is 4.31. The predicted molar refractivity (Wildman–Crippen MR) is 93.9 cm³/mol. The topological polar surface area (TPSA) is 29.4 Å². The van der Waals surface area contributed by atoms with Crippen LogP contribution in [-0.4, -0.2) is 11.3 Å². The van der Waals surface area contributed by atoms with Crippen molar-refractivity contribution in [2.75, 3.05) is 0 Å². The molecular weight excluding hydrogens is 285 g/mol. The van der Waals surface area contributed by atoms with Crippen LogP contribution in [-0.2, 0) is 0 Å². The van der Waals surface area contributed by atoms with E-state index in [1.165, 1.54) is 32.1 Å². The molecule has 0 N–H and O–H groups in total. The summed E-state index contributed by atoms with van der Waals surface area (Å²) in [4.78, 5) is 16.6. The Morgan fingerprint density at radius 1 is 1.23 bits per heavy atom. The first-order valence-corrected chi connectivity index (χ1v) is 7.81. The summed E-state index contributed by atoms with van der Waals surface area (Å²) < 4.78 is 0. The summed E-state index contributed by atoms with van der Waals surface area (Å²) in [5, 5.41) is 0. The third kappa shape index (κ3) is 5.61. The molecule has 2 nitrogen and oxygen atoms in total. The number of hydrogen-bond acceptors (Lipinski definition) is 2. The van der Waals surface area contributed by atoms with E-state index in [1.54, 1.807) is 0 Å². The van der Waals surface area contributed by atoms with Crippen molar-refractivity contribution < 1.29 is 23.7 Å². The van der Waals surface area contributed by atoms with E-state index >= 15 is 0 Å². The Bertz CT molecular complexity index is 522. The first kappa shape index (κ1) is 21.5. The smallest absolute Gasteiger partial charge is 0.445 e.